The Morgan fingerprint density at radius 1 is 1.30 bits per heavy atom. The van der Waals surface area contributed by atoms with E-state index in [9.17, 15) is 14.0 Å². The highest BCUT2D eigenvalue weighted by Crippen LogP contribution is 2.24. The lowest BCUT2D eigenvalue weighted by atomic mass is 10.2. The van der Waals surface area contributed by atoms with Crippen molar-refractivity contribution in [1.29, 1.82) is 0 Å². The van der Waals surface area contributed by atoms with Crippen LogP contribution in [0.1, 0.15) is 23.4 Å². The van der Waals surface area contributed by atoms with Crippen LogP contribution in [0.15, 0.2) is 45.5 Å². The molecule has 0 atom stereocenters. The number of hydrogen-bond acceptors (Lipinski definition) is 3. The highest BCUT2D eigenvalue weighted by atomic mass is 79.9. The van der Waals surface area contributed by atoms with Gasteiger partial charge in [-0.1, -0.05) is 12.1 Å². The number of hydrogen-bond donors (Lipinski definition) is 0. The van der Waals surface area contributed by atoms with E-state index in [4.69, 9.17) is 4.42 Å². The molecule has 0 radical (unpaired) electrons. The first-order chi connectivity index (χ1) is 11.1. The number of benzene rings is 1. The Bertz CT molecular complexity index is 746. The molecule has 1 aliphatic heterocycles. The average molecular weight is 381 g/mol. The molecule has 2 aromatic rings. The van der Waals surface area contributed by atoms with Crippen molar-refractivity contribution in [2.24, 2.45) is 0 Å². The van der Waals surface area contributed by atoms with Gasteiger partial charge < -0.3 is 9.32 Å². The van der Waals surface area contributed by atoms with Crippen LogP contribution in [-0.2, 0) is 4.79 Å². The first-order valence-corrected chi connectivity index (χ1v) is 7.95. The topological polar surface area (TPSA) is 53.8 Å². The number of halogens is 2. The maximum Gasteiger partial charge on any atom is 0.295 e. The van der Waals surface area contributed by atoms with E-state index in [-0.39, 0.29) is 24.0 Å². The summed E-state index contributed by atoms with van der Waals surface area (Å²) >= 11 is 3.14. The Labute approximate surface area is 140 Å². The molecular formula is C16H14BrFN2O3. The predicted octanol–water partition coefficient (Wildman–Crippen LogP) is 3.41. The molecule has 120 valence electrons. The third-order valence-electron chi connectivity index (χ3n) is 3.66. The highest BCUT2D eigenvalue weighted by molar-refractivity contribution is 9.10. The molecule has 2 heterocycles. The fraction of sp³-hybridized carbons (Fsp3) is 0.250. The van der Waals surface area contributed by atoms with Crippen LogP contribution in [0, 0.1) is 5.82 Å². The molecule has 0 unspecified atom stereocenters. The molecule has 1 fully saturated rings. The Morgan fingerprint density at radius 2 is 2.09 bits per heavy atom. The van der Waals surface area contributed by atoms with E-state index in [1.165, 1.54) is 23.1 Å². The zero-order valence-electron chi connectivity index (χ0n) is 12.2. The predicted molar refractivity (Wildman–Crippen MR) is 85.4 cm³/mol. The second-order valence-electron chi connectivity index (χ2n) is 5.19. The van der Waals surface area contributed by atoms with E-state index in [1.807, 2.05) is 0 Å². The molecule has 0 saturated carbocycles. The van der Waals surface area contributed by atoms with Gasteiger partial charge in [-0.05, 0) is 46.6 Å². The van der Waals surface area contributed by atoms with Crippen LogP contribution >= 0.6 is 15.9 Å². The van der Waals surface area contributed by atoms with Crippen LogP contribution in [-0.4, -0.2) is 29.9 Å². The van der Waals surface area contributed by atoms with Crippen molar-refractivity contribution in [3.63, 3.8) is 0 Å². The van der Waals surface area contributed by atoms with E-state index in [0.717, 1.165) is 6.42 Å². The summed E-state index contributed by atoms with van der Waals surface area (Å²) in [6.07, 6.45) is 1.19. The molecule has 1 aromatic heterocycles. The van der Waals surface area contributed by atoms with Crippen molar-refractivity contribution < 1.29 is 18.4 Å². The Hall–Kier alpha value is -2.15. The molecule has 7 heteroatoms. The van der Waals surface area contributed by atoms with Crippen molar-refractivity contribution in [3.05, 3.63) is 52.6 Å². The van der Waals surface area contributed by atoms with Crippen LogP contribution in [0.25, 0.3) is 0 Å². The first-order valence-electron chi connectivity index (χ1n) is 7.16. The summed E-state index contributed by atoms with van der Waals surface area (Å²) in [5.74, 6) is -0.995. The molecule has 2 amide bonds. The zero-order valence-corrected chi connectivity index (χ0v) is 13.8. The molecule has 0 spiro atoms. The Morgan fingerprint density at radius 3 is 2.70 bits per heavy atom. The number of rotatable bonds is 4. The van der Waals surface area contributed by atoms with Crippen LogP contribution in [0.5, 0.6) is 0 Å². The first kappa shape index (κ1) is 15.7. The normalized spacial score (nSPS) is 14.3. The van der Waals surface area contributed by atoms with E-state index in [0.29, 0.717) is 17.6 Å². The number of furan rings is 1. The molecule has 1 saturated heterocycles. The minimum atomic E-state index is -0.530. The van der Waals surface area contributed by atoms with Gasteiger partial charge in [-0.3, -0.25) is 14.5 Å². The average Bonchev–Trinajstić information content (AvgIpc) is 3.14. The minimum absolute atomic E-state index is 0.00306. The molecule has 1 aliphatic rings. The van der Waals surface area contributed by atoms with Gasteiger partial charge in [0.1, 0.15) is 12.5 Å². The Balaban J connectivity index is 1.94. The van der Waals surface area contributed by atoms with Gasteiger partial charge in [-0.25, -0.2) is 4.39 Å². The summed E-state index contributed by atoms with van der Waals surface area (Å²) in [6, 6.07) is 9.07. The fourth-order valence-electron chi connectivity index (χ4n) is 2.51. The van der Waals surface area contributed by atoms with E-state index in [1.54, 1.807) is 23.1 Å². The number of likely N-dealkylation sites (tertiary alicyclic amines) is 1. The minimum Gasteiger partial charge on any atom is -0.444 e. The largest absolute Gasteiger partial charge is 0.444 e. The maximum atomic E-state index is 14.2. The maximum absolute atomic E-state index is 14.2. The lowest BCUT2D eigenvalue weighted by Gasteiger charge is -2.27. The number of amides is 2. The Kier molecular flexibility index (Phi) is 4.47. The van der Waals surface area contributed by atoms with Crippen molar-refractivity contribution in [1.82, 2.24) is 4.90 Å². The molecular weight excluding hydrogens is 367 g/mol. The number of carbonyl (C=O) groups excluding carboxylic acids is 2. The van der Waals surface area contributed by atoms with E-state index < -0.39 is 11.7 Å². The summed E-state index contributed by atoms with van der Waals surface area (Å²) in [6.45, 7) is 0.551. The van der Waals surface area contributed by atoms with Gasteiger partial charge in [-0.2, -0.15) is 0 Å². The van der Waals surface area contributed by atoms with Crippen LogP contribution in [0.3, 0.4) is 0 Å². The van der Waals surface area contributed by atoms with Gasteiger partial charge in [-0.15, -0.1) is 0 Å². The van der Waals surface area contributed by atoms with Crippen LogP contribution < -0.4 is 4.90 Å². The lowest BCUT2D eigenvalue weighted by Crippen LogP contribution is -2.42. The second kappa shape index (κ2) is 6.54. The number of para-hydroxylation sites is 1. The zero-order chi connectivity index (χ0) is 16.4. The third kappa shape index (κ3) is 3.29. The highest BCUT2D eigenvalue weighted by Gasteiger charge is 2.29. The van der Waals surface area contributed by atoms with E-state index in [2.05, 4.69) is 15.9 Å². The quantitative estimate of drug-likeness (QED) is 0.816. The van der Waals surface area contributed by atoms with Crippen LogP contribution in [0.2, 0.25) is 0 Å². The monoisotopic (exact) mass is 380 g/mol. The number of nitrogens with zero attached hydrogens (tertiary/aromatic N) is 2. The summed E-state index contributed by atoms with van der Waals surface area (Å²) < 4.78 is 19.8. The fourth-order valence-corrected chi connectivity index (χ4v) is 2.81. The third-order valence-corrected chi connectivity index (χ3v) is 4.08. The van der Waals surface area contributed by atoms with Gasteiger partial charge in [0.05, 0.1) is 5.69 Å². The van der Waals surface area contributed by atoms with Crippen molar-refractivity contribution in [3.8, 4) is 0 Å². The summed E-state index contributed by atoms with van der Waals surface area (Å²) in [7, 11) is 0. The second-order valence-corrected chi connectivity index (χ2v) is 5.97. The van der Waals surface area contributed by atoms with Gasteiger partial charge in [0.25, 0.3) is 5.91 Å². The van der Waals surface area contributed by atoms with Crippen molar-refractivity contribution >= 4 is 33.4 Å². The summed E-state index contributed by atoms with van der Waals surface area (Å²) in [5.41, 5.74) is 0.115. The molecule has 1 aromatic carbocycles. The van der Waals surface area contributed by atoms with Gasteiger partial charge in [0, 0.05) is 13.0 Å². The molecule has 0 bridgehead atoms. The number of carbonyl (C=O) groups is 2. The molecule has 0 aliphatic carbocycles. The van der Waals surface area contributed by atoms with E-state index >= 15 is 0 Å². The SMILES string of the molecule is O=C1CCCN1CN(C(=O)c1ccc(Br)o1)c1ccccc1F. The van der Waals surface area contributed by atoms with Gasteiger partial charge in [0.15, 0.2) is 10.4 Å². The van der Waals surface area contributed by atoms with Gasteiger partial charge >= 0.3 is 0 Å². The molecule has 3 rings (SSSR count). The lowest BCUT2D eigenvalue weighted by molar-refractivity contribution is -0.127. The van der Waals surface area contributed by atoms with Crippen molar-refractivity contribution in [2.75, 3.05) is 18.1 Å². The molecule has 5 nitrogen and oxygen atoms in total. The smallest absolute Gasteiger partial charge is 0.295 e. The summed E-state index contributed by atoms with van der Waals surface area (Å²) in [4.78, 5) is 27.3. The van der Waals surface area contributed by atoms with Crippen molar-refractivity contribution in [2.45, 2.75) is 12.8 Å². The molecule has 0 N–H and O–H groups in total. The standard InChI is InChI=1S/C16H14BrFN2O3/c17-14-8-7-13(23-14)16(22)20(10-19-9-3-6-15(19)21)12-5-2-1-4-11(12)18/h1-2,4-5,7-8H,3,6,9-10H2. The van der Waals surface area contributed by atoms with Gasteiger partial charge in [0.2, 0.25) is 5.91 Å². The summed E-state index contributed by atoms with van der Waals surface area (Å²) in [5, 5.41) is 0. The molecule has 23 heavy (non-hydrogen) atoms. The number of anilines is 1. The van der Waals surface area contributed by atoms with Crippen LogP contribution in [0.4, 0.5) is 10.1 Å².